The Balaban J connectivity index is 2.07. The summed E-state index contributed by atoms with van der Waals surface area (Å²) in [4.78, 5) is 0.243. The zero-order chi connectivity index (χ0) is 20.3. The van der Waals surface area contributed by atoms with Crippen LogP contribution in [0.1, 0.15) is 18.1 Å². The average Bonchev–Trinajstić information content (AvgIpc) is 3.04. The number of aryl methyl sites for hydroxylation is 1. The number of para-hydroxylation sites is 1. The second kappa shape index (κ2) is 7.95. The quantitative estimate of drug-likeness (QED) is 0.381. The number of nitrogens with one attached hydrogen (secondary N) is 1. The van der Waals surface area contributed by atoms with Gasteiger partial charge in [-0.25, -0.2) is 12.4 Å². The number of nitrogens with two attached hydrogens (primary N) is 1. The number of hydrazone groups is 1. The normalized spacial score (nSPS) is 12.6. The molecule has 0 aliphatic carbocycles. The molecular formula is C20H20N4O2S2. The maximum absolute atomic E-state index is 13.2. The SMILES string of the molecule is CC(C=Cc1cn(S(=O)(=O)c2ccc(C)cc2)c2ccccc12)=NNC(N)=S. The molecule has 2 aromatic carbocycles. The molecular weight excluding hydrogens is 392 g/mol. The molecule has 0 aliphatic heterocycles. The Morgan fingerprint density at radius 2 is 1.86 bits per heavy atom. The van der Waals surface area contributed by atoms with Crippen LogP contribution in [0.4, 0.5) is 0 Å². The summed E-state index contributed by atoms with van der Waals surface area (Å²) in [6, 6.07) is 14.2. The van der Waals surface area contributed by atoms with Gasteiger partial charge in [-0.3, -0.25) is 5.43 Å². The van der Waals surface area contributed by atoms with E-state index >= 15 is 0 Å². The Morgan fingerprint density at radius 1 is 1.18 bits per heavy atom. The summed E-state index contributed by atoms with van der Waals surface area (Å²) in [5.74, 6) is 0. The fourth-order valence-corrected chi connectivity index (χ4v) is 4.15. The van der Waals surface area contributed by atoms with Gasteiger partial charge in [-0.15, -0.1) is 0 Å². The van der Waals surface area contributed by atoms with Crippen molar-refractivity contribution in [1.82, 2.24) is 9.40 Å². The fourth-order valence-electron chi connectivity index (χ4n) is 2.72. The van der Waals surface area contributed by atoms with E-state index in [4.69, 9.17) is 18.0 Å². The Labute approximate surface area is 169 Å². The number of nitrogens with zero attached hydrogens (tertiary/aromatic N) is 2. The predicted molar refractivity (Wildman–Crippen MR) is 118 cm³/mol. The zero-order valence-corrected chi connectivity index (χ0v) is 17.1. The van der Waals surface area contributed by atoms with E-state index in [0.717, 1.165) is 16.5 Å². The lowest BCUT2D eigenvalue weighted by molar-refractivity contribution is 0.589. The second-order valence-corrected chi connectivity index (χ2v) is 8.53. The van der Waals surface area contributed by atoms with E-state index < -0.39 is 10.0 Å². The molecule has 28 heavy (non-hydrogen) atoms. The summed E-state index contributed by atoms with van der Waals surface area (Å²) in [7, 11) is -3.71. The van der Waals surface area contributed by atoms with Crippen molar-refractivity contribution in [1.29, 1.82) is 0 Å². The summed E-state index contributed by atoms with van der Waals surface area (Å²) in [6.07, 6.45) is 5.18. The monoisotopic (exact) mass is 412 g/mol. The van der Waals surface area contributed by atoms with Crippen LogP contribution in [0.15, 0.2) is 70.8 Å². The molecule has 0 saturated heterocycles. The van der Waals surface area contributed by atoms with E-state index in [1.54, 1.807) is 49.5 Å². The van der Waals surface area contributed by atoms with Gasteiger partial charge in [0.15, 0.2) is 5.11 Å². The highest BCUT2D eigenvalue weighted by Crippen LogP contribution is 2.27. The van der Waals surface area contributed by atoms with E-state index in [0.29, 0.717) is 11.2 Å². The summed E-state index contributed by atoms with van der Waals surface area (Å²) >= 11 is 4.72. The molecule has 0 aliphatic rings. The largest absolute Gasteiger partial charge is 0.375 e. The summed E-state index contributed by atoms with van der Waals surface area (Å²) in [5, 5.41) is 4.92. The van der Waals surface area contributed by atoms with Crippen LogP contribution in [0.5, 0.6) is 0 Å². The van der Waals surface area contributed by atoms with Gasteiger partial charge in [-0.05, 0) is 50.3 Å². The first-order valence-electron chi connectivity index (χ1n) is 8.49. The molecule has 0 atom stereocenters. The Hall–Kier alpha value is -2.97. The minimum absolute atomic E-state index is 0.0774. The molecule has 8 heteroatoms. The number of aromatic nitrogens is 1. The van der Waals surface area contributed by atoms with Crippen LogP contribution >= 0.6 is 12.2 Å². The van der Waals surface area contributed by atoms with Crippen molar-refractivity contribution in [3.05, 3.63) is 71.9 Å². The van der Waals surface area contributed by atoms with Gasteiger partial charge in [0.25, 0.3) is 10.0 Å². The highest BCUT2D eigenvalue weighted by molar-refractivity contribution is 7.90. The van der Waals surface area contributed by atoms with Crippen LogP contribution in [0, 0.1) is 6.92 Å². The molecule has 0 amide bonds. The molecule has 144 valence electrons. The zero-order valence-electron chi connectivity index (χ0n) is 15.5. The molecule has 1 aromatic heterocycles. The molecule has 0 radical (unpaired) electrons. The third-order valence-corrected chi connectivity index (χ3v) is 5.91. The Morgan fingerprint density at radius 3 is 2.54 bits per heavy atom. The molecule has 0 spiro atoms. The lowest BCUT2D eigenvalue weighted by atomic mass is 10.1. The summed E-state index contributed by atoms with van der Waals surface area (Å²) < 4.78 is 27.6. The van der Waals surface area contributed by atoms with Crippen LogP contribution in [0.25, 0.3) is 17.0 Å². The van der Waals surface area contributed by atoms with Crippen LogP contribution in [-0.2, 0) is 10.0 Å². The van der Waals surface area contributed by atoms with Crippen molar-refractivity contribution in [2.75, 3.05) is 0 Å². The molecule has 3 N–H and O–H groups in total. The van der Waals surface area contributed by atoms with Crippen LogP contribution in [0.2, 0.25) is 0 Å². The smallest absolute Gasteiger partial charge is 0.268 e. The van der Waals surface area contributed by atoms with Crippen molar-refractivity contribution < 1.29 is 8.42 Å². The van der Waals surface area contributed by atoms with Gasteiger partial charge in [0.1, 0.15) is 0 Å². The number of benzene rings is 2. The lowest BCUT2D eigenvalue weighted by Crippen LogP contribution is -2.24. The molecule has 0 bridgehead atoms. The molecule has 0 saturated carbocycles. The number of fused-ring (bicyclic) bond motifs is 1. The van der Waals surface area contributed by atoms with Gasteiger partial charge in [0, 0.05) is 17.1 Å². The van der Waals surface area contributed by atoms with E-state index in [9.17, 15) is 8.42 Å². The maximum Gasteiger partial charge on any atom is 0.268 e. The van der Waals surface area contributed by atoms with Gasteiger partial charge in [-0.1, -0.05) is 42.0 Å². The highest BCUT2D eigenvalue weighted by atomic mass is 32.2. The maximum atomic E-state index is 13.2. The Kier molecular flexibility index (Phi) is 5.62. The number of hydrogen-bond acceptors (Lipinski definition) is 4. The van der Waals surface area contributed by atoms with E-state index in [2.05, 4.69) is 10.5 Å². The fraction of sp³-hybridized carbons (Fsp3) is 0.100. The first-order valence-corrected chi connectivity index (χ1v) is 10.3. The van der Waals surface area contributed by atoms with Gasteiger partial charge in [0.05, 0.1) is 16.1 Å². The van der Waals surface area contributed by atoms with Crippen molar-refractivity contribution in [2.45, 2.75) is 18.7 Å². The summed E-state index contributed by atoms with van der Waals surface area (Å²) in [5.41, 5.74) is 10.9. The number of rotatable bonds is 5. The number of allylic oxidation sites excluding steroid dienone is 1. The minimum Gasteiger partial charge on any atom is -0.375 e. The van der Waals surface area contributed by atoms with Gasteiger partial charge >= 0.3 is 0 Å². The average molecular weight is 413 g/mol. The van der Waals surface area contributed by atoms with Gasteiger partial charge < -0.3 is 5.73 Å². The van der Waals surface area contributed by atoms with Crippen LogP contribution in [0.3, 0.4) is 0 Å². The third-order valence-electron chi connectivity index (χ3n) is 4.13. The minimum atomic E-state index is -3.71. The standard InChI is InChI=1S/C20H20N4O2S2/c1-14-7-11-17(12-8-14)28(25,26)24-13-16(18-5-3-4-6-19(18)24)10-9-15(2)22-23-20(21)27/h3-13H,1-2H3,(H3,21,23,27). The topological polar surface area (TPSA) is 89.5 Å². The van der Waals surface area contributed by atoms with Crippen molar-refractivity contribution in [3.8, 4) is 0 Å². The van der Waals surface area contributed by atoms with E-state index in [1.165, 1.54) is 3.97 Å². The third kappa shape index (κ3) is 4.13. The first-order chi connectivity index (χ1) is 13.3. The summed E-state index contributed by atoms with van der Waals surface area (Å²) in [6.45, 7) is 3.70. The number of thiocarbonyl (C=S) groups is 1. The van der Waals surface area contributed by atoms with Gasteiger partial charge in [-0.2, -0.15) is 5.10 Å². The van der Waals surface area contributed by atoms with E-state index in [-0.39, 0.29) is 10.0 Å². The first kappa shape index (κ1) is 19.8. The molecule has 3 aromatic rings. The second-order valence-electron chi connectivity index (χ2n) is 6.28. The van der Waals surface area contributed by atoms with Crippen molar-refractivity contribution in [2.24, 2.45) is 10.8 Å². The molecule has 6 nitrogen and oxygen atoms in total. The molecule has 0 fully saturated rings. The predicted octanol–water partition coefficient (Wildman–Crippen LogP) is 3.41. The number of hydrogen-bond donors (Lipinski definition) is 2. The van der Waals surface area contributed by atoms with Gasteiger partial charge in [0.2, 0.25) is 0 Å². The molecule has 3 rings (SSSR count). The molecule has 0 unspecified atom stereocenters. The van der Waals surface area contributed by atoms with E-state index in [1.807, 2.05) is 31.2 Å². The highest BCUT2D eigenvalue weighted by Gasteiger charge is 2.20. The van der Waals surface area contributed by atoms with Crippen LogP contribution in [-0.4, -0.2) is 23.2 Å². The van der Waals surface area contributed by atoms with Crippen molar-refractivity contribution >= 4 is 50.0 Å². The lowest BCUT2D eigenvalue weighted by Gasteiger charge is -2.07. The van der Waals surface area contributed by atoms with Crippen molar-refractivity contribution in [3.63, 3.8) is 0 Å². The molecule has 1 heterocycles. The Bertz CT molecular complexity index is 1190. The van der Waals surface area contributed by atoms with Crippen LogP contribution < -0.4 is 11.2 Å².